The van der Waals surface area contributed by atoms with E-state index in [1.165, 1.54) is 6.92 Å². The summed E-state index contributed by atoms with van der Waals surface area (Å²) < 4.78 is 39.8. The summed E-state index contributed by atoms with van der Waals surface area (Å²) in [5.41, 5.74) is -0.976. The van der Waals surface area contributed by atoms with E-state index in [9.17, 15) is 28.0 Å². The third kappa shape index (κ3) is 2.76. The number of aryl methyl sites for hydroxylation is 1. The highest BCUT2D eigenvalue weighted by Crippen LogP contribution is 2.30. The lowest BCUT2D eigenvalue weighted by molar-refractivity contribution is -0.387. The van der Waals surface area contributed by atoms with E-state index in [2.05, 4.69) is 0 Å². The van der Waals surface area contributed by atoms with E-state index in [1.807, 2.05) is 0 Å². The highest BCUT2D eigenvalue weighted by Gasteiger charge is 2.36. The zero-order valence-corrected chi connectivity index (χ0v) is 12.1. The van der Waals surface area contributed by atoms with Gasteiger partial charge in [0.15, 0.2) is 0 Å². The van der Waals surface area contributed by atoms with Gasteiger partial charge in [-0.15, -0.1) is 0 Å². The van der Waals surface area contributed by atoms with Gasteiger partial charge in [-0.3, -0.25) is 10.1 Å². The van der Waals surface area contributed by atoms with Gasteiger partial charge >= 0.3 is 5.69 Å². The predicted octanol–water partition coefficient (Wildman–Crippen LogP) is 1.19. The molecule has 1 aromatic carbocycles. The highest BCUT2D eigenvalue weighted by molar-refractivity contribution is 7.89. The molecule has 1 aromatic rings. The van der Waals surface area contributed by atoms with Crippen molar-refractivity contribution in [2.45, 2.75) is 30.7 Å². The molecule has 1 saturated heterocycles. The van der Waals surface area contributed by atoms with Crippen LogP contribution in [-0.4, -0.2) is 41.9 Å². The molecule has 21 heavy (non-hydrogen) atoms. The van der Waals surface area contributed by atoms with Gasteiger partial charge in [0.05, 0.1) is 16.4 Å². The number of aliphatic hydroxyl groups excluding tert-OH is 1. The SMILES string of the molecule is Cc1cc(S(=O)(=O)N2CCCC2CO)cc([N+](=O)[O-])c1F. The third-order valence-electron chi connectivity index (χ3n) is 3.55. The average molecular weight is 318 g/mol. The summed E-state index contributed by atoms with van der Waals surface area (Å²) in [6.07, 6.45) is 1.13. The van der Waals surface area contributed by atoms with Crippen LogP contribution in [0.3, 0.4) is 0 Å². The summed E-state index contributed by atoms with van der Waals surface area (Å²) in [4.78, 5) is 9.54. The third-order valence-corrected chi connectivity index (χ3v) is 5.48. The molecule has 1 N–H and O–H groups in total. The Morgan fingerprint density at radius 3 is 2.76 bits per heavy atom. The molecule has 7 nitrogen and oxygen atoms in total. The lowest BCUT2D eigenvalue weighted by Crippen LogP contribution is -2.37. The highest BCUT2D eigenvalue weighted by atomic mass is 32.2. The smallest absolute Gasteiger partial charge is 0.306 e. The van der Waals surface area contributed by atoms with Crippen molar-refractivity contribution in [3.05, 3.63) is 33.6 Å². The second kappa shape index (κ2) is 5.66. The van der Waals surface area contributed by atoms with Crippen molar-refractivity contribution in [3.63, 3.8) is 0 Å². The van der Waals surface area contributed by atoms with Gasteiger partial charge in [-0.1, -0.05) is 0 Å². The molecule has 0 aromatic heterocycles. The maximum atomic E-state index is 13.7. The molecule has 0 saturated carbocycles. The minimum Gasteiger partial charge on any atom is -0.395 e. The number of halogens is 1. The van der Waals surface area contributed by atoms with Crippen molar-refractivity contribution >= 4 is 15.7 Å². The average Bonchev–Trinajstić information content (AvgIpc) is 2.90. The Hall–Kier alpha value is -1.58. The molecule has 0 amide bonds. The van der Waals surface area contributed by atoms with Crippen LogP contribution in [0.4, 0.5) is 10.1 Å². The summed E-state index contributed by atoms with van der Waals surface area (Å²) in [5.74, 6) is -1.04. The van der Waals surface area contributed by atoms with Gasteiger partial charge < -0.3 is 5.11 Å². The first-order chi connectivity index (χ1) is 9.78. The molecule has 1 atom stereocenters. The number of nitro benzene ring substituents is 1. The molecule has 1 heterocycles. The van der Waals surface area contributed by atoms with Crippen LogP contribution in [0.1, 0.15) is 18.4 Å². The molecule has 1 fully saturated rings. The second-order valence-electron chi connectivity index (χ2n) is 4.92. The number of sulfonamides is 1. The standard InChI is InChI=1S/C12H15FN2O5S/c1-8-5-10(6-11(12(8)13)15(17)18)21(19,20)14-4-2-3-9(14)7-16/h5-6,9,16H,2-4,7H2,1H3. The second-order valence-corrected chi connectivity index (χ2v) is 6.82. The van der Waals surface area contributed by atoms with Crippen molar-refractivity contribution in [2.75, 3.05) is 13.2 Å². The molecule has 1 aliphatic heterocycles. The molecule has 0 aliphatic carbocycles. The Morgan fingerprint density at radius 2 is 2.19 bits per heavy atom. The van der Waals surface area contributed by atoms with Crippen LogP contribution in [0.25, 0.3) is 0 Å². The molecule has 0 bridgehead atoms. The lowest BCUT2D eigenvalue weighted by atomic mass is 10.2. The van der Waals surface area contributed by atoms with Crippen molar-refractivity contribution in [2.24, 2.45) is 0 Å². The zero-order chi connectivity index (χ0) is 15.8. The van der Waals surface area contributed by atoms with Crippen molar-refractivity contribution in [1.29, 1.82) is 0 Å². The van der Waals surface area contributed by atoms with Gasteiger partial charge in [0.2, 0.25) is 15.8 Å². The quantitative estimate of drug-likeness (QED) is 0.664. The van der Waals surface area contributed by atoms with Crippen LogP contribution < -0.4 is 0 Å². The van der Waals surface area contributed by atoms with Gasteiger partial charge in [-0.25, -0.2) is 8.42 Å². The summed E-state index contributed by atoms with van der Waals surface area (Å²) >= 11 is 0. The van der Waals surface area contributed by atoms with Crippen LogP contribution in [0, 0.1) is 22.9 Å². The number of nitrogens with zero attached hydrogens (tertiary/aromatic N) is 2. The lowest BCUT2D eigenvalue weighted by Gasteiger charge is -2.22. The van der Waals surface area contributed by atoms with Crippen LogP contribution in [0.2, 0.25) is 0 Å². The molecule has 116 valence electrons. The van der Waals surface area contributed by atoms with Crippen molar-refractivity contribution in [1.82, 2.24) is 4.31 Å². The summed E-state index contributed by atoms with van der Waals surface area (Å²) in [6, 6.07) is 1.26. The van der Waals surface area contributed by atoms with E-state index in [1.54, 1.807) is 0 Å². The first-order valence-electron chi connectivity index (χ1n) is 6.36. The molecule has 1 aliphatic rings. The topological polar surface area (TPSA) is 101 Å². The van der Waals surface area contributed by atoms with Gasteiger partial charge in [0.25, 0.3) is 0 Å². The van der Waals surface area contributed by atoms with E-state index in [0.717, 1.165) is 16.4 Å². The van der Waals surface area contributed by atoms with Gasteiger partial charge in [0, 0.05) is 18.7 Å². The fourth-order valence-corrected chi connectivity index (χ4v) is 4.23. The number of aliphatic hydroxyl groups is 1. The van der Waals surface area contributed by atoms with E-state index < -0.39 is 32.5 Å². The first kappa shape index (κ1) is 15.8. The Kier molecular flexibility index (Phi) is 4.26. The Bertz CT molecular complexity index is 676. The van der Waals surface area contributed by atoms with E-state index >= 15 is 0 Å². The number of benzene rings is 1. The van der Waals surface area contributed by atoms with Crippen LogP contribution >= 0.6 is 0 Å². The van der Waals surface area contributed by atoms with Crippen molar-refractivity contribution < 1.29 is 22.8 Å². The predicted molar refractivity (Wildman–Crippen MR) is 71.8 cm³/mol. The molecular weight excluding hydrogens is 303 g/mol. The van der Waals surface area contributed by atoms with Gasteiger partial charge in [-0.05, 0) is 31.4 Å². The Balaban J connectivity index is 2.53. The number of rotatable bonds is 4. The van der Waals surface area contributed by atoms with Gasteiger partial charge in [0.1, 0.15) is 0 Å². The fourth-order valence-electron chi connectivity index (χ4n) is 2.44. The normalized spacial score (nSPS) is 19.9. The van der Waals surface area contributed by atoms with E-state index in [0.29, 0.717) is 12.8 Å². The monoisotopic (exact) mass is 318 g/mol. The maximum absolute atomic E-state index is 13.7. The summed E-state index contributed by atoms with van der Waals surface area (Å²) in [5, 5.41) is 20.0. The minimum atomic E-state index is -3.99. The van der Waals surface area contributed by atoms with Crippen LogP contribution in [0.5, 0.6) is 0 Å². The van der Waals surface area contributed by atoms with Gasteiger partial charge in [-0.2, -0.15) is 8.70 Å². The summed E-state index contributed by atoms with van der Waals surface area (Å²) in [7, 11) is -3.99. The van der Waals surface area contributed by atoms with Crippen molar-refractivity contribution in [3.8, 4) is 0 Å². The van der Waals surface area contributed by atoms with Crippen LogP contribution in [-0.2, 0) is 10.0 Å². The largest absolute Gasteiger partial charge is 0.395 e. The molecule has 0 radical (unpaired) electrons. The fraction of sp³-hybridized carbons (Fsp3) is 0.500. The first-order valence-corrected chi connectivity index (χ1v) is 7.80. The number of hydrogen-bond acceptors (Lipinski definition) is 5. The number of nitro groups is 1. The van der Waals surface area contributed by atoms with E-state index in [-0.39, 0.29) is 23.6 Å². The zero-order valence-electron chi connectivity index (χ0n) is 11.3. The molecule has 9 heteroatoms. The minimum absolute atomic E-state index is 0.109. The van der Waals surface area contributed by atoms with Crippen LogP contribution in [0.15, 0.2) is 17.0 Å². The van der Waals surface area contributed by atoms with E-state index in [4.69, 9.17) is 0 Å². The molecule has 0 spiro atoms. The molecule has 1 unspecified atom stereocenters. The number of hydrogen-bond donors (Lipinski definition) is 1. The maximum Gasteiger partial charge on any atom is 0.306 e. The molecular formula is C12H15FN2O5S. The Labute approximate surface area is 121 Å². The Morgan fingerprint density at radius 1 is 1.52 bits per heavy atom. The molecule has 2 rings (SSSR count). The summed E-state index contributed by atoms with van der Waals surface area (Å²) in [6.45, 7) is 1.19.